The van der Waals surface area contributed by atoms with Gasteiger partial charge in [0.1, 0.15) is 17.3 Å². The molecule has 9 heteroatoms. The van der Waals surface area contributed by atoms with Crippen LogP contribution in [0.5, 0.6) is 0 Å². The summed E-state index contributed by atoms with van der Waals surface area (Å²) in [5.74, 6) is -0.251. The molecule has 3 rings (SSSR count). The van der Waals surface area contributed by atoms with Crippen molar-refractivity contribution < 1.29 is 9.18 Å². The fourth-order valence-corrected chi connectivity index (χ4v) is 2.26. The van der Waals surface area contributed by atoms with Crippen LogP contribution in [-0.2, 0) is 6.54 Å². The van der Waals surface area contributed by atoms with Crippen LogP contribution in [0.25, 0.3) is 0 Å². The molecule has 0 aliphatic carbocycles. The van der Waals surface area contributed by atoms with Crippen LogP contribution in [0.2, 0.25) is 0 Å². The van der Waals surface area contributed by atoms with E-state index in [1.54, 1.807) is 18.3 Å². The molecular weight excluding hydrogens is 349 g/mol. The molecule has 0 radical (unpaired) electrons. The first-order chi connectivity index (χ1) is 13.1. The number of nitrogens with one attached hydrogen (secondary N) is 2. The highest BCUT2D eigenvalue weighted by Gasteiger charge is 2.11. The maximum absolute atomic E-state index is 14.1. The average molecular weight is 365 g/mol. The highest BCUT2D eigenvalue weighted by molar-refractivity contribution is 6.02. The van der Waals surface area contributed by atoms with E-state index < -0.39 is 11.7 Å². The van der Waals surface area contributed by atoms with Crippen LogP contribution in [0.4, 0.5) is 27.4 Å². The Morgan fingerprint density at radius 3 is 2.78 bits per heavy atom. The van der Waals surface area contributed by atoms with Gasteiger partial charge in [0, 0.05) is 24.0 Å². The molecule has 3 aromatic rings. The van der Waals surface area contributed by atoms with Gasteiger partial charge in [0.2, 0.25) is 0 Å². The van der Waals surface area contributed by atoms with Crippen LogP contribution in [0, 0.1) is 5.82 Å². The number of amides is 1. The van der Waals surface area contributed by atoms with E-state index in [0.29, 0.717) is 28.6 Å². The Balaban J connectivity index is 1.71. The first kappa shape index (κ1) is 17.9. The van der Waals surface area contributed by atoms with Gasteiger partial charge in [-0.2, -0.15) is 0 Å². The topological polar surface area (TPSA) is 118 Å². The Morgan fingerprint density at radius 1 is 1.22 bits per heavy atom. The van der Waals surface area contributed by atoms with Crippen molar-refractivity contribution in [3.63, 3.8) is 0 Å². The summed E-state index contributed by atoms with van der Waals surface area (Å²) < 4.78 is 14.1. The quantitative estimate of drug-likeness (QED) is 0.578. The van der Waals surface area contributed by atoms with Crippen LogP contribution < -0.4 is 16.4 Å². The van der Waals surface area contributed by atoms with E-state index in [1.807, 2.05) is 0 Å². The van der Waals surface area contributed by atoms with E-state index in [2.05, 4.69) is 37.3 Å². The highest BCUT2D eigenvalue weighted by Crippen LogP contribution is 2.19. The Morgan fingerprint density at radius 2 is 2.07 bits per heavy atom. The van der Waals surface area contributed by atoms with Crippen molar-refractivity contribution in [1.29, 1.82) is 0 Å². The Bertz CT molecular complexity index is 976. The minimum atomic E-state index is -0.472. The largest absolute Gasteiger partial charge is 0.382 e. The molecule has 8 nitrogen and oxygen atoms in total. The van der Waals surface area contributed by atoms with Crippen molar-refractivity contribution in [3.05, 3.63) is 66.0 Å². The molecule has 0 spiro atoms. The molecule has 0 saturated heterocycles. The summed E-state index contributed by atoms with van der Waals surface area (Å²) in [6, 6.07) is 7.73. The van der Waals surface area contributed by atoms with Crippen LogP contribution in [0.15, 0.2) is 53.9 Å². The third-order valence-corrected chi connectivity index (χ3v) is 3.64. The number of halogens is 1. The zero-order valence-corrected chi connectivity index (χ0v) is 14.2. The maximum atomic E-state index is 14.1. The van der Waals surface area contributed by atoms with Crippen LogP contribution in [0.3, 0.4) is 0 Å². The van der Waals surface area contributed by atoms with Gasteiger partial charge in [0.25, 0.3) is 5.91 Å². The van der Waals surface area contributed by atoms with Crippen molar-refractivity contribution in [2.75, 3.05) is 16.4 Å². The van der Waals surface area contributed by atoms with Gasteiger partial charge in [-0.15, -0.1) is 0 Å². The van der Waals surface area contributed by atoms with Gasteiger partial charge in [-0.1, -0.05) is 0 Å². The number of nitrogens with two attached hydrogens (primary N) is 1. The van der Waals surface area contributed by atoms with Gasteiger partial charge < -0.3 is 16.4 Å². The van der Waals surface area contributed by atoms with Crippen LogP contribution in [-0.4, -0.2) is 27.6 Å². The molecule has 0 fully saturated rings. The molecular formula is C18H16FN7O. The zero-order valence-electron chi connectivity index (χ0n) is 14.2. The molecule has 1 amide bonds. The molecule has 1 aromatic carbocycles. The fourth-order valence-electron chi connectivity index (χ4n) is 2.26. The van der Waals surface area contributed by atoms with Crippen molar-refractivity contribution >= 4 is 35.6 Å². The molecule has 0 saturated carbocycles. The minimum Gasteiger partial charge on any atom is -0.382 e. The molecule has 2 heterocycles. The average Bonchev–Trinajstić information content (AvgIpc) is 2.69. The second kappa shape index (κ2) is 8.00. The monoisotopic (exact) mass is 365 g/mol. The number of rotatable bonds is 6. The molecule has 4 N–H and O–H groups in total. The van der Waals surface area contributed by atoms with E-state index in [1.165, 1.54) is 30.6 Å². The first-order valence-corrected chi connectivity index (χ1v) is 7.89. The standard InChI is InChI=1S/C18H16FN7O/c1-21-16-10-24-15(9-25-16)18(27)26-12-4-5-13(19)11(7-12)8-23-14-3-2-6-22-17(14)20/h2-7,9-10,23H,1,8H2,(H2,20,22)(H,26,27). The number of hydrogen-bond donors (Lipinski definition) is 3. The molecule has 0 aliphatic heterocycles. The lowest BCUT2D eigenvalue weighted by molar-refractivity contribution is 0.102. The number of aliphatic imine (C=N–C) groups is 1. The van der Waals surface area contributed by atoms with Crippen molar-refractivity contribution in [2.45, 2.75) is 6.54 Å². The van der Waals surface area contributed by atoms with Gasteiger partial charge in [0.15, 0.2) is 5.82 Å². The van der Waals surface area contributed by atoms with Gasteiger partial charge in [-0.05, 0) is 37.0 Å². The second-order valence-corrected chi connectivity index (χ2v) is 5.47. The molecule has 136 valence electrons. The summed E-state index contributed by atoms with van der Waals surface area (Å²) in [5.41, 5.74) is 7.23. The number of hydrogen-bond acceptors (Lipinski definition) is 7. The lowest BCUT2D eigenvalue weighted by Crippen LogP contribution is -2.14. The predicted octanol–water partition coefficient (Wildman–Crippen LogP) is 2.79. The third-order valence-electron chi connectivity index (χ3n) is 3.64. The molecule has 0 atom stereocenters. The normalized spacial score (nSPS) is 10.3. The van der Waals surface area contributed by atoms with E-state index in [-0.39, 0.29) is 12.2 Å². The maximum Gasteiger partial charge on any atom is 0.275 e. The van der Waals surface area contributed by atoms with Gasteiger partial charge >= 0.3 is 0 Å². The summed E-state index contributed by atoms with van der Waals surface area (Å²) >= 11 is 0. The number of aromatic nitrogens is 3. The summed E-state index contributed by atoms with van der Waals surface area (Å²) in [6.45, 7) is 3.50. The molecule has 27 heavy (non-hydrogen) atoms. The van der Waals surface area contributed by atoms with Gasteiger partial charge in [0.05, 0.1) is 18.1 Å². The lowest BCUT2D eigenvalue weighted by atomic mass is 10.1. The second-order valence-electron chi connectivity index (χ2n) is 5.47. The molecule has 2 aromatic heterocycles. The number of benzene rings is 1. The minimum absolute atomic E-state index is 0.106. The van der Waals surface area contributed by atoms with E-state index in [9.17, 15) is 9.18 Å². The van der Waals surface area contributed by atoms with Gasteiger partial charge in [-0.25, -0.2) is 24.3 Å². The van der Waals surface area contributed by atoms with Crippen molar-refractivity contribution in [2.24, 2.45) is 4.99 Å². The SMILES string of the molecule is C=Nc1cnc(C(=O)Nc2ccc(F)c(CNc3cccnc3N)c2)cn1. The smallest absolute Gasteiger partial charge is 0.275 e. The highest BCUT2D eigenvalue weighted by atomic mass is 19.1. The Hall–Kier alpha value is -3.88. The van der Waals surface area contributed by atoms with Crippen LogP contribution >= 0.6 is 0 Å². The van der Waals surface area contributed by atoms with Crippen molar-refractivity contribution in [1.82, 2.24) is 15.0 Å². The first-order valence-electron chi connectivity index (χ1n) is 7.89. The van der Waals surface area contributed by atoms with Crippen molar-refractivity contribution in [3.8, 4) is 0 Å². The third kappa shape index (κ3) is 4.40. The number of pyridine rings is 1. The number of nitrogens with zero attached hydrogens (tertiary/aromatic N) is 4. The number of carbonyl (C=O) groups excluding carboxylic acids is 1. The molecule has 0 aliphatic rings. The number of carbonyl (C=O) groups is 1. The number of anilines is 3. The lowest BCUT2D eigenvalue weighted by Gasteiger charge is -2.11. The number of nitrogen functional groups attached to an aromatic ring is 1. The van der Waals surface area contributed by atoms with Gasteiger partial charge in [-0.3, -0.25) is 4.79 Å². The molecule has 0 bridgehead atoms. The van der Waals surface area contributed by atoms with E-state index in [0.717, 1.165) is 0 Å². The summed E-state index contributed by atoms with van der Waals surface area (Å²) in [6.07, 6.45) is 4.19. The molecule has 0 unspecified atom stereocenters. The fraction of sp³-hybridized carbons (Fsp3) is 0.0556. The van der Waals surface area contributed by atoms with E-state index in [4.69, 9.17) is 5.73 Å². The summed E-state index contributed by atoms with van der Waals surface area (Å²) in [4.78, 5) is 27.7. The Kier molecular flexibility index (Phi) is 5.31. The zero-order chi connectivity index (χ0) is 19.2. The Labute approximate surface area is 154 Å². The van der Waals surface area contributed by atoms with E-state index >= 15 is 0 Å². The van der Waals surface area contributed by atoms with Crippen LogP contribution in [0.1, 0.15) is 16.1 Å². The summed E-state index contributed by atoms with van der Waals surface area (Å²) in [7, 11) is 0. The predicted molar refractivity (Wildman–Crippen MR) is 102 cm³/mol. The summed E-state index contributed by atoms with van der Waals surface area (Å²) in [5, 5.41) is 5.67.